The van der Waals surface area contributed by atoms with Crippen LogP contribution in [0.2, 0.25) is 0 Å². The minimum Gasteiger partial charge on any atom is -0.361 e. The first-order valence-electron chi connectivity index (χ1n) is 7.18. The summed E-state index contributed by atoms with van der Waals surface area (Å²) in [5.41, 5.74) is 10.2. The van der Waals surface area contributed by atoms with Crippen molar-refractivity contribution in [2.75, 3.05) is 11.4 Å². The number of carbonyl (C=O) groups is 1. The quantitative estimate of drug-likeness (QED) is 0.923. The Balaban J connectivity index is 0.00000176. The molecule has 1 amide bonds. The molecule has 0 fully saturated rings. The highest BCUT2D eigenvalue weighted by atomic mass is 35.5. The number of hydrogen-bond acceptors (Lipinski definition) is 4. The summed E-state index contributed by atoms with van der Waals surface area (Å²) in [4.78, 5) is 14.6. The Kier molecular flexibility index (Phi) is 4.88. The van der Waals surface area contributed by atoms with Gasteiger partial charge in [0.1, 0.15) is 11.3 Å². The summed E-state index contributed by atoms with van der Waals surface area (Å²) in [5.74, 6) is 0.538. The van der Waals surface area contributed by atoms with Crippen molar-refractivity contribution in [3.63, 3.8) is 0 Å². The van der Waals surface area contributed by atoms with E-state index in [1.165, 1.54) is 5.56 Å². The van der Waals surface area contributed by atoms with Crippen LogP contribution in [0.5, 0.6) is 0 Å². The number of aromatic nitrogens is 1. The molecule has 0 aliphatic carbocycles. The predicted molar refractivity (Wildman–Crippen MR) is 87.6 cm³/mol. The Hall–Kier alpha value is -1.85. The molecule has 6 heteroatoms. The monoisotopic (exact) mass is 321 g/mol. The van der Waals surface area contributed by atoms with Gasteiger partial charge in [-0.05, 0) is 43.9 Å². The van der Waals surface area contributed by atoms with E-state index < -0.39 is 0 Å². The Morgan fingerprint density at radius 3 is 2.82 bits per heavy atom. The number of fused-ring (bicyclic) bond motifs is 1. The average molecular weight is 322 g/mol. The SMILES string of the molecule is Cc1noc(C)c1C(=O)N1CCCc2cc(CN)ccc21.Cl. The zero-order valence-corrected chi connectivity index (χ0v) is 13.6. The van der Waals surface area contributed by atoms with E-state index in [0.29, 0.717) is 23.6 Å². The molecule has 2 heterocycles. The Labute approximate surface area is 135 Å². The first-order chi connectivity index (χ1) is 10.1. The molecular formula is C16H20ClN3O2. The van der Waals surface area contributed by atoms with Gasteiger partial charge in [0.25, 0.3) is 5.91 Å². The molecule has 3 rings (SSSR count). The summed E-state index contributed by atoms with van der Waals surface area (Å²) < 4.78 is 5.12. The van der Waals surface area contributed by atoms with E-state index in [0.717, 1.165) is 30.6 Å². The third-order valence-electron chi connectivity index (χ3n) is 3.99. The topological polar surface area (TPSA) is 72.4 Å². The second kappa shape index (κ2) is 6.50. The fourth-order valence-electron chi connectivity index (χ4n) is 2.91. The maximum atomic E-state index is 12.8. The number of benzene rings is 1. The van der Waals surface area contributed by atoms with Crippen LogP contribution in [-0.4, -0.2) is 17.6 Å². The fraction of sp³-hybridized carbons (Fsp3) is 0.375. The van der Waals surface area contributed by atoms with E-state index in [1.54, 1.807) is 13.8 Å². The van der Waals surface area contributed by atoms with Gasteiger partial charge in [0.2, 0.25) is 0 Å². The van der Waals surface area contributed by atoms with Crippen LogP contribution in [0.15, 0.2) is 22.7 Å². The van der Waals surface area contributed by atoms with E-state index >= 15 is 0 Å². The molecule has 2 N–H and O–H groups in total. The van der Waals surface area contributed by atoms with E-state index in [2.05, 4.69) is 11.2 Å². The lowest BCUT2D eigenvalue weighted by molar-refractivity contribution is 0.0983. The molecule has 22 heavy (non-hydrogen) atoms. The molecule has 118 valence electrons. The minimum absolute atomic E-state index is 0. The van der Waals surface area contributed by atoms with Crippen molar-refractivity contribution in [3.05, 3.63) is 46.3 Å². The van der Waals surface area contributed by atoms with E-state index in [4.69, 9.17) is 10.3 Å². The molecule has 0 saturated heterocycles. The molecule has 0 saturated carbocycles. The van der Waals surface area contributed by atoms with Gasteiger partial charge < -0.3 is 15.2 Å². The van der Waals surface area contributed by atoms with Crippen molar-refractivity contribution in [3.8, 4) is 0 Å². The average Bonchev–Trinajstić information content (AvgIpc) is 2.84. The van der Waals surface area contributed by atoms with Crippen molar-refractivity contribution in [2.45, 2.75) is 33.2 Å². The third kappa shape index (κ3) is 2.74. The van der Waals surface area contributed by atoms with Gasteiger partial charge in [-0.25, -0.2) is 0 Å². The summed E-state index contributed by atoms with van der Waals surface area (Å²) in [6, 6.07) is 6.08. The summed E-state index contributed by atoms with van der Waals surface area (Å²) in [5, 5.41) is 3.88. The summed E-state index contributed by atoms with van der Waals surface area (Å²) >= 11 is 0. The Morgan fingerprint density at radius 2 is 2.18 bits per heavy atom. The standard InChI is InChI=1S/C16H19N3O2.ClH/c1-10-15(11(2)21-18-10)16(20)19-7-3-4-13-8-12(9-17)5-6-14(13)19;/h5-6,8H,3-4,7,9,17H2,1-2H3;1H. The number of nitrogens with zero attached hydrogens (tertiary/aromatic N) is 2. The predicted octanol–water partition coefficient (Wildman–Crippen LogP) is 2.76. The third-order valence-corrected chi connectivity index (χ3v) is 3.99. The van der Waals surface area contributed by atoms with Gasteiger partial charge in [0.15, 0.2) is 0 Å². The maximum absolute atomic E-state index is 12.8. The van der Waals surface area contributed by atoms with Crippen LogP contribution in [0.25, 0.3) is 0 Å². The number of anilines is 1. The van der Waals surface area contributed by atoms with Crippen LogP contribution in [0.3, 0.4) is 0 Å². The first kappa shape index (κ1) is 16.5. The fourth-order valence-corrected chi connectivity index (χ4v) is 2.91. The van der Waals surface area contributed by atoms with E-state index in [-0.39, 0.29) is 18.3 Å². The second-order valence-corrected chi connectivity index (χ2v) is 5.43. The van der Waals surface area contributed by atoms with Crippen molar-refractivity contribution in [1.29, 1.82) is 0 Å². The van der Waals surface area contributed by atoms with Gasteiger partial charge >= 0.3 is 0 Å². The van der Waals surface area contributed by atoms with Gasteiger partial charge in [-0.15, -0.1) is 12.4 Å². The molecule has 5 nitrogen and oxygen atoms in total. The van der Waals surface area contributed by atoms with Crippen LogP contribution in [0.4, 0.5) is 5.69 Å². The van der Waals surface area contributed by atoms with E-state index in [1.807, 2.05) is 17.0 Å². The zero-order chi connectivity index (χ0) is 15.0. The van der Waals surface area contributed by atoms with Crippen LogP contribution in [0.1, 0.15) is 39.4 Å². The maximum Gasteiger partial charge on any atom is 0.263 e. The normalized spacial score (nSPS) is 13.5. The largest absolute Gasteiger partial charge is 0.361 e. The second-order valence-electron chi connectivity index (χ2n) is 5.43. The lowest BCUT2D eigenvalue weighted by Gasteiger charge is -2.29. The number of halogens is 1. The molecule has 0 radical (unpaired) electrons. The number of hydrogen-bond donors (Lipinski definition) is 1. The molecule has 0 bridgehead atoms. The van der Waals surface area contributed by atoms with Gasteiger partial charge in [-0.1, -0.05) is 17.3 Å². The summed E-state index contributed by atoms with van der Waals surface area (Å²) in [6.45, 7) is 4.81. The molecule has 1 aromatic heterocycles. The molecule has 0 unspecified atom stereocenters. The Bertz CT molecular complexity index is 677. The number of amides is 1. The molecule has 1 aliphatic rings. The highest BCUT2D eigenvalue weighted by molar-refractivity contribution is 6.08. The van der Waals surface area contributed by atoms with Crippen LogP contribution >= 0.6 is 12.4 Å². The summed E-state index contributed by atoms with van der Waals surface area (Å²) in [7, 11) is 0. The molecule has 2 aromatic rings. The van der Waals surface area contributed by atoms with Crippen molar-refractivity contribution < 1.29 is 9.32 Å². The van der Waals surface area contributed by atoms with Crippen molar-refractivity contribution in [2.24, 2.45) is 5.73 Å². The van der Waals surface area contributed by atoms with Crippen LogP contribution in [-0.2, 0) is 13.0 Å². The number of aryl methyl sites for hydroxylation is 3. The highest BCUT2D eigenvalue weighted by Crippen LogP contribution is 2.30. The highest BCUT2D eigenvalue weighted by Gasteiger charge is 2.27. The number of carbonyl (C=O) groups excluding carboxylic acids is 1. The molecule has 1 aliphatic heterocycles. The van der Waals surface area contributed by atoms with Gasteiger partial charge in [0, 0.05) is 18.8 Å². The van der Waals surface area contributed by atoms with Crippen molar-refractivity contribution >= 4 is 24.0 Å². The smallest absolute Gasteiger partial charge is 0.263 e. The molecule has 0 spiro atoms. The zero-order valence-electron chi connectivity index (χ0n) is 12.8. The lowest BCUT2D eigenvalue weighted by atomic mass is 9.98. The van der Waals surface area contributed by atoms with Gasteiger partial charge in [0.05, 0.1) is 5.69 Å². The Morgan fingerprint density at radius 1 is 1.41 bits per heavy atom. The number of rotatable bonds is 2. The first-order valence-corrected chi connectivity index (χ1v) is 7.18. The van der Waals surface area contributed by atoms with Crippen LogP contribution in [0, 0.1) is 13.8 Å². The van der Waals surface area contributed by atoms with Crippen LogP contribution < -0.4 is 10.6 Å². The molecule has 0 atom stereocenters. The summed E-state index contributed by atoms with van der Waals surface area (Å²) in [6.07, 6.45) is 1.94. The molecule has 1 aromatic carbocycles. The molecular weight excluding hydrogens is 302 g/mol. The lowest BCUT2D eigenvalue weighted by Crippen LogP contribution is -2.36. The van der Waals surface area contributed by atoms with Gasteiger partial charge in [-0.3, -0.25) is 4.79 Å². The number of nitrogens with two attached hydrogens (primary N) is 1. The minimum atomic E-state index is -0.0345. The van der Waals surface area contributed by atoms with Crippen molar-refractivity contribution in [1.82, 2.24) is 5.16 Å². The van der Waals surface area contributed by atoms with Gasteiger partial charge in [-0.2, -0.15) is 0 Å². The van der Waals surface area contributed by atoms with E-state index in [9.17, 15) is 4.79 Å².